The molecule has 2 aliphatic heterocycles. The van der Waals surface area contributed by atoms with Gasteiger partial charge in [-0.15, -0.1) is 11.6 Å². The monoisotopic (exact) mass is 409 g/mol. The lowest BCUT2D eigenvalue weighted by molar-refractivity contribution is -0.130. The van der Waals surface area contributed by atoms with Crippen LogP contribution in [0.25, 0.3) is 0 Å². The molecule has 0 aromatic carbocycles. The Morgan fingerprint density at radius 1 is 1.29 bits per heavy atom. The van der Waals surface area contributed by atoms with Gasteiger partial charge in [-0.2, -0.15) is 0 Å². The topological polar surface area (TPSA) is 73.8 Å². The lowest BCUT2D eigenvalue weighted by Gasteiger charge is -2.32. The van der Waals surface area contributed by atoms with Crippen LogP contribution in [-0.4, -0.2) is 64.7 Å². The molecule has 0 radical (unpaired) electrons. The standard InChI is InChI=1S/C19H29BClN3O4/c1-18(2)19(3,4)28-20(27-18)15-11-22-17(23-12-15)26-9-7-14-6-5-8-24(13-14)16(25)10-21/h11-12,14H,5-10,13H2,1-4H3/t14-/m1/s1. The number of amides is 1. The summed E-state index contributed by atoms with van der Waals surface area (Å²) in [7, 11) is -0.480. The predicted molar refractivity (Wildman–Crippen MR) is 108 cm³/mol. The molecule has 0 N–H and O–H groups in total. The number of halogens is 1. The second kappa shape index (κ2) is 8.55. The van der Waals surface area contributed by atoms with Gasteiger partial charge in [0.2, 0.25) is 5.91 Å². The Kier molecular flexibility index (Phi) is 6.52. The molecular weight excluding hydrogens is 380 g/mol. The first kappa shape index (κ1) is 21.3. The zero-order valence-electron chi connectivity index (χ0n) is 17.1. The van der Waals surface area contributed by atoms with Gasteiger partial charge >= 0.3 is 13.1 Å². The van der Waals surface area contributed by atoms with Crippen LogP contribution in [0.5, 0.6) is 6.01 Å². The number of piperidine rings is 1. The number of hydrogen-bond donors (Lipinski definition) is 0. The van der Waals surface area contributed by atoms with Crippen LogP contribution in [0, 0.1) is 5.92 Å². The Bertz CT molecular complexity index is 670. The first-order chi connectivity index (χ1) is 13.2. The van der Waals surface area contributed by atoms with Crippen molar-refractivity contribution in [3.63, 3.8) is 0 Å². The number of nitrogens with zero attached hydrogens (tertiary/aromatic N) is 3. The molecule has 3 heterocycles. The number of likely N-dealkylation sites (tertiary alicyclic amines) is 1. The lowest BCUT2D eigenvalue weighted by Crippen LogP contribution is -2.41. The molecule has 2 fully saturated rings. The number of carbonyl (C=O) groups is 1. The first-order valence-corrected chi connectivity index (χ1v) is 10.4. The van der Waals surface area contributed by atoms with Crippen LogP contribution < -0.4 is 10.2 Å². The maximum absolute atomic E-state index is 11.8. The highest BCUT2D eigenvalue weighted by atomic mass is 35.5. The van der Waals surface area contributed by atoms with Crippen molar-refractivity contribution in [2.45, 2.75) is 58.2 Å². The fourth-order valence-electron chi connectivity index (χ4n) is 3.43. The second-order valence-corrected chi connectivity index (χ2v) is 8.77. The maximum Gasteiger partial charge on any atom is 0.498 e. The van der Waals surface area contributed by atoms with Gasteiger partial charge in [-0.05, 0) is 52.9 Å². The molecule has 28 heavy (non-hydrogen) atoms. The van der Waals surface area contributed by atoms with E-state index in [9.17, 15) is 4.79 Å². The molecule has 2 saturated heterocycles. The molecule has 3 rings (SSSR count). The minimum absolute atomic E-state index is 0.00825. The fraction of sp³-hybridized carbons (Fsp3) is 0.737. The van der Waals surface area contributed by atoms with Crippen molar-refractivity contribution < 1.29 is 18.8 Å². The minimum atomic E-state index is -0.480. The molecule has 0 aliphatic carbocycles. The van der Waals surface area contributed by atoms with Crippen LogP contribution in [-0.2, 0) is 14.1 Å². The highest BCUT2D eigenvalue weighted by Crippen LogP contribution is 2.36. The summed E-state index contributed by atoms with van der Waals surface area (Å²) in [6.07, 6.45) is 6.33. The summed E-state index contributed by atoms with van der Waals surface area (Å²) in [5, 5.41) is 0. The average Bonchev–Trinajstić information content (AvgIpc) is 2.89. The van der Waals surface area contributed by atoms with Crippen molar-refractivity contribution in [1.29, 1.82) is 0 Å². The number of ether oxygens (including phenoxy) is 1. The minimum Gasteiger partial charge on any atom is -0.463 e. The van der Waals surface area contributed by atoms with Gasteiger partial charge in [-0.1, -0.05) is 0 Å². The van der Waals surface area contributed by atoms with E-state index >= 15 is 0 Å². The van der Waals surface area contributed by atoms with Crippen molar-refractivity contribution >= 4 is 30.1 Å². The SMILES string of the molecule is CC1(C)OB(c2cnc(OCC[C@H]3CCCN(C(=O)CCl)C3)nc2)OC1(C)C. The van der Waals surface area contributed by atoms with E-state index < -0.39 is 18.3 Å². The molecule has 1 amide bonds. The van der Waals surface area contributed by atoms with Crippen molar-refractivity contribution in [1.82, 2.24) is 14.9 Å². The molecule has 9 heteroatoms. The van der Waals surface area contributed by atoms with E-state index in [0.717, 1.165) is 37.8 Å². The molecule has 1 aromatic rings. The molecule has 0 bridgehead atoms. The summed E-state index contributed by atoms with van der Waals surface area (Å²) in [6.45, 7) is 10.1. The fourth-order valence-corrected chi connectivity index (χ4v) is 3.60. The van der Waals surface area contributed by atoms with E-state index in [4.69, 9.17) is 25.6 Å². The number of aromatic nitrogens is 2. The van der Waals surface area contributed by atoms with E-state index in [2.05, 4.69) is 9.97 Å². The van der Waals surface area contributed by atoms with Gasteiger partial charge in [0.05, 0.1) is 17.8 Å². The molecule has 0 saturated carbocycles. The Labute approximate surface area is 172 Å². The summed E-state index contributed by atoms with van der Waals surface area (Å²) < 4.78 is 17.7. The third-order valence-electron chi connectivity index (χ3n) is 5.92. The molecular formula is C19H29BClN3O4. The normalized spacial score (nSPS) is 23.7. The number of rotatable bonds is 6. The third-order valence-corrected chi connectivity index (χ3v) is 6.15. The van der Waals surface area contributed by atoms with Crippen molar-refractivity contribution in [2.75, 3.05) is 25.6 Å². The molecule has 1 aromatic heterocycles. The first-order valence-electron chi connectivity index (χ1n) is 9.86. The van der Waals surface area contributed by atoms with E-state index in [-0.39, 0.29) is 11.8 Å². The van der Waals surface area contributed by atoms with E-state index in [0.29, 0.717) is 18.5 Å². The van der Waals surface area contributed by atoms with Gasteiger partial charge in [0.15, 0.2) is 0 Å². The highest BCUT2D eigenvalue weighted by molar-refractivity contribution is 6.61. The predicted octanol–water partition coefficient (Wildman–Crippen LogP) is 2.02. The molecule has 1 atom stereocenters. The highest BCUT2D eigenvalue weighted by Gasteiger charge is 2.51. The number of alkyl halides is 1. The zero-order valence-corrected chi connectivity index (χ0v) is 17.9. The van der Waals surface area contributed by atoms with E-state index in [1.54, 1.807) is 12.4 Å². The smallest absolute Gasteiger partial charge is 0.463 e. The van der Waals surface area contributed by atoms with Crippen LogP contribution in [0.3, 0.4) is 0 Å². The molecule has 2 aliphatic rings. The summed E-state index contributed by atoms with van der Waals surface area (Å²) in [4.78, 5) is 22.2. The Morgan fingerprint density at radius 2 is 1.93 bits per heavy atom. The number of hydrogen-bond acceptors (Lipinski definition) is 6. The zero-order chi connectivity index (χ0) is 20.4. The molecule has 154 valence electrons. The van der Waals surface area contributed by atoms with Gasteiger partial charge < -0.3 is 18.9 Å². The Hall–Kier alpha value is -1.38. The third kappa shape index (κ3) is 4.78. The summed E-state index contributed by atoms with van der Waals surface area (Å²) >= 11 is 5.66. The van der Waals surface area contributed by atoms with Gasteiger partial charge in [-0.25, -0.2) is 9.97 Å². The second-order valence-electron chi connectivity index (χ2n) is 8.51. The van der Waals surface area contributed by atoms with Crippen LogP contribution >= 0.6 is 11.6 Å². The molecule has 7 nitrogen and oxygen atoms in total. The van der Waals surface area contributed by atoms with Crippen molar-refractivity contribution in [3.05, 3.63) is 12.4 Å². The Morgan fingerprint density at radius 3 is 2.54 bits per heavy atom. The van der Waals surface area contributed by atoms with Gasteiger partial charge in [0.1, 0.15) is 5.88 Å². The van der Waals surface area contributed by atoms with Crippen molar-refractivity contribution in [3.8, 4) is 6.01 Å². The van der Waals surface area contributed by atoms with Crippen LogP contribution in [0.15, 0.2) is 12.4 Å². The van der Waals surface area contributed by atoms with Gasteiger partial charge in [0, 0.05) is 30.9 Å². The number of carbonyl (C=O) groups excluding carboxylic acids is 1. The summed E-state index contributed by atoms with van der Waals surface area (Å²) in [5.74, 6) is 0.477. The molecule has 0 spiro atoms. The van der Waals surface area contributed by atoms with Crippen LogP contribution in [0.1, 0.15) is 47.0 Å². The summed E-state index contributed by atoms with van der Waals surface area (Å²) in [5.41, 5.74) is -0.0227. The van der Waals surface area contributed by atoms with E-state index in [1.807, 2.05) is 32.6 Å². The summed E-state index contributed by atoms with van der Waals surface area (Å²) in [6, 6.07) is 0.338. The van der Waals surface area contributed by atoms with Crippen LogP contribution in [0.4, 0.5) is 0 Å². The van der Waals surface area contributed by atoms with Gasteiger partial charge in [-0.3, -0.25) is 4.79 Å². The van der Waals surface area contributed by atoms with Gasteiger partial charge in [0.25, 0.3) is 0 Å². The lowest BCUT2D eigenvalue weighted by atomic mass is 9.81. The maximum atomic E-state index is 11.8. The average molecular weight is 410 g/mol. The van der Waals surface area contributed by atoms with Crippen molar-refractivity contribution in [2.24, 2.45) is 5.92 Å². The Balaban J connectivity index is 1.47. The van der Waals surface area contributed by atoms with Crippen LogP contribution in [0.2, 0.25) is 0 Å². The van der Waals surface area contributed by atoms with E-state index in [1.165, 1.54) is 0 Å². The largest absolute Gasteiger partial charge is 0.498 e. The molecule has 0 unspecified atom stereocenters. The quantitative estimate of drug-likeness (QED) is 0.529.